The first-order valence-electron chi connectivity index (χ1n) is 7.10. The molecular weight excluding hydrogens is 272 g/mol. The van der Waals surface area contributed by atoms with Crippen LogP contribution in [0.25, 0.3) is 0 Å². The fourth-order valence-corrected chi connectivity index (χ4v) is 3.67. The summed E-state index contributed by atoms with van der Waals surface area (Å²) in [5.74, 6) is 0. The van der Waals surface area contributed by atoms with Crippen molar-refractivity contribution in [1.82, 2.24) is 9.03 Å². The van der Waals surface area contributed by atoms with Crippen molar-refractivity contribution in [2.75, 3.05) is 6.54 Å². The maximum atomic E-state index is 12.4. The molecule has 0 aliphatic carbocycles. The number of nitrogens with one attached hydrogen (secondary N) is 1. The Balaban J connectivity index is 1.96. The third kappa shape index (κ3) is 3.91. The highest BCUT2D eigenvalue weighted by atomic mass is 32.2. The second kappa shape index (κ2) is 7.02. The van der Waals surface area contributed by atoms with Crippen molar-refractivity contribution < 1.29 is 8.42 Å². The number of benzene rings is 1. The van der Waals surface area contributed by atoms with Gasteiger partial charge in [-0.25, -0.2) is 0 Å². The topological polar surface area (TPSA) is 49.4 Å². The van der Waals surface area contributed by atoms with Gasteiger partial charge in [0.05, 0.1) is 0 Å². The van der Waals surface area contributed by atoms with Crippen molar-refractivity contribution >= 4 is 10.2 Å². The lowest BCUT2D eigenvalue weighted by Gasteiger charge is -2.24. The minimum absolute atomic E-state index is 0.00298. The average Bonchev–Trinajstić information content (AvgIpc) is 2.93. The fourth-order valence-electron chi connectivity index (χ4n) is 2.34. The van der Waals surface area contributed by atoms with E-state index >= 15 is 0 Å². The van der Waals surface area contributed by atoms with Crippen molar-refractivity contribution in [3.8, 4) is 0 Å². The average molecular weight is 294 g/mol. The Bertz CT molecular complexity index is 540. The summed E-state index contributed by atoms with van der Waals surface area (Å²) in [5.41, 5.74) is 0.966. The van der Waals surface area contributed by atoms with E-state index in [1.807, 2.05) is 42.5 Å². The molecule has 1 atom stereocenters. The maximum Gasteiger partial charge on any atom is 0.280 e. The summed E-state index contributed by atoms with van der Waals surface area (Å²) < 4.78 is 28.9. The van der Waals surface area contributed by atoms with E-state index in [9.17, 15) is 8.42 Å². The first-order valence-corrected chi connectivity index (χ1v) is 8.54. The van der Waals surface area contributed by atoms with Gasteiger partial charge in [-0.05, 0) is 12.0 Å². The quantitative estimate of drug-likeness (QED) is 0.785. The predicted molar refractivity (Wildman–Crippen MR) is 81.4 cm³/mol. The molecule has 4 nitrogen and oxygen atoms in total. The van der Waals surface area contributed by atoms with Crippen LogP contribution in [0.15, 0.2) is 42.5 Å². The zero-order chi connectivity index (χ0) is 14.4. The zero-order valence-corrected chi connectivity index (χ0v) is 12.6. The van der Waals surface area contributed by atoms with Crippen LogP contribution in [0.4, 0.5) is 0 Å². The molecule has 0 spiro atoms. The molecule has 1 N–H and O–H groups in total. The largest absolute Gasteiger partial charge is 0.280 e. The highest BCUT2D eigenvalue weighted by molar-refractivity contribution is 7.87. The molecule has 1 aliphatic heterocycles. The standard InChI is InChI=1S/C15H22N2O2S/c1-2-3-10-15-11-7-12-17(15)20(18,19)16-13-14-8-5-4-6-9-14/h4-9,11,15-16H,2-3,10,12-13H2,1H3. The van der Waals surface area contributed by atoms with Crippen LogP contribution in [0.1, 0.15) is 31.7 Å². The van der Waals surface area contributed by atoms with Gasteiger partial charge in [-0.2, -0.15) is 17.4 Å². The Labute approximate surface area is 121 Å². The van der Waals surface area contributed by atoms with Gasteiger partial charge in [0, 0.05) is 19.1 Å². The van der Waals surface area contributed by atoms with Crippen molar-refractivity contribution in [3.05, 3.63) is 48.0 Å². The van der Waals surface area contributed by atoms with Gasteiger partial charge in [0.1, 0.15) is 0 Å². The monoisotopic (exact) mass is 294 g/mol. The summed E-state index contributed by atoms with van der Waals surface area (Å²) in [5, 5.41) is 0. The lowest BCUT2D eigenvalue weighted by atomic mass is 10.1. The number of rotatable bonds is 7. The molecular formula is C15H22N2O2S. The molecule has 0 bridgehead atoms. The van der Waals surface area contributed by atoms with E-state index in [4.69, 9.17) is 0 Å². The molecule has 0 amide bonds. The lowest BCUT2D eigenvalue weighted by molar-refractivity contribution is 0.380. The van der Waals surface area contributed by atoms with Crippen molar-refractivity contribution in [3.63, 3.8) is 0 Å². The lowest BCUT2D eigenvalue weighted by Crippen LogP contribution is -2.43. The molecule has 1 heterocycles. The Kier molecular flexibility index (Phi) is 5.34. The van der Waals surface area contributed by atoms with E-state index < -0.39 is 10.2 Å². The maximum absolute atomic E-state index is 12.4. The molecule has 0 fully saturated rings. The second-order valence-corrected chi connectivity index (χ2v) is 6.73. The van der Waals surface area contributed by atoms with Crippen LogP contribution >= 0.6 is 0 Å². The Morgan fingerprint density at radius 1 is 1.30 bits per heavy atom. The molecule has 0 saturated carbocycles. The summed E-state index contributed by atoms with van der Waals surface area (Å²) in [6.07, 6.45) is 6.94. The van der Waals surface area contributed by atoms with Crippen LogP contribution in [0.2, 0.25) is 0 Å². The number of unbranched alkanes of at least 4 members (excludes halogenated alkanes) is 1. The highest BCUT2D eigenvalue weighted by Gasteiger charge is 2.29. The third-order valence-electron chi connectivity index (χ3n) is 3.48. The molecule has 0 radical (unpaired) electrons. The van der Waals surface area contributed by atoms with E-state index in [2.05, 4.69) is 11.6 Å². The van der Waals surface area contributed by atoms with E-state index in [0.717, 1.165) is 24.8 Å². The molecule has 110 valence electrons. The number of hydrogen-bond acceptors (Lipinski definition) is 2. The molecule has 20 heavy (non-hydrogen) atoms. The number of nitrogens with zero attached hydrogens (tertiary/aromatic N) is 1. The SMILES string of the molecule is CCCCC1C=CCN1S(=O)(=O)NCc1ccccc1. The van der Waals surface area contributed by atoms with Crippen LogP contribution in [-0.2, 0) is 16.8 Å². The Hall–Kier alpha value is -1.17. The third-order valence-corrected chi connectivity index (χ3v) is 5.02. The van der Waals surface area contributed by atoms with Crippen molar-refractivity contribution in [2.24, 2.45) is 0 Å². The van der Waals surface area contributed by atoms with E-state index in [1.165, 1.54) is 0 Å². The summed E-state index contributed by atoms with van der Waals surface area (Å²) in [4.78, 5) is 0. The summed E-state index contributed by atoms with van der Waals surface area (Å²) in [7, 11) is -3.42. The molecule has 2 rings (SSSR count). The van der Waals surface area contributed by atoms with Crippen LogP contribution in [0, 0.1) is 0 Å². The van der Waals surface area contributed by atoms with Crippen LogP contribution in [-0.4, -0.2) is 25.3 Å². The van der Waals surface area contributed by atoms with E-state index in [1.54, 1.807) is 4.31 Å². The van der Waals surface area contributed by atoms with Crippen LogP contribution in [0.5, 0.6) is 0 Å². The highest BCUT2D eigenvalue weighted by Crippen LogP contribution is 2.19. The molecule has 5 heteroatoms. The molecule has 1 aliphatic rings. The molecule has 0 aromatic heterocycles. The van der Waals surface area contributed by atoms with E-state index in [-0.39, 0.29) is 6.04 Å². The zero-order valence-electron chi connectivity index (χ0n) is 11.8. The molecule has 0 saturated heterocycles. The second-order valence-electron chi connectivity index (χ2n) is 5.02. The van der Waals surface area contributed by atoms with Crippen molar-refractivity contribution in [1.29, 1.82) is 0 Å². The van der Waals surface area contributed by atoms with Gasteiger partial charge in [-0.15, -0.1) is 0 Å². The van der Waals surface area contributed by atoms with Crippen molar-refractivity contribution in [2.45, 2.75) is 38.8 Å². The van der Waals surface area contributed by atoms with Gasteiger partial charge in [0.2, 0.25) is 0 Å². The molecule has 1 aromatic rings. The minimum Gasteiger partial charge on any atom is -0.198 e. The Morgan fingerprint density at radius 2 is 2.05 bits per heavy atom. The normalized spacial score (nSPS) is 19.6. The first-order chi connectivity index (χ1) is 9.63. The summed E-state index contributed by atoms with van der Waals surface area (Å²) in [6.45, 7) is 2.92. The van der Waals surface area contributed by atoms with Gasteiger partial charge >= 0.3 is 0 Å². The Morgan fingerprint density at radius 3 is 2.75 bits per heavy atom. The van der Waals surface area contributed by atoms with Crippen LogP contribution < -0.4 is 4.72 Å². The molecule has 1 aromatic carbocycles. The molecule has 1 unspecified atom stereocenters. The predicted octanol–water partition coefficient (Wildman–Crippen LogP) is 2.45. The van der Waals surface area contributed by atoms with Crippen LogP contribution in [0.3, 0.4) is 0 Å². The van der Waals surface area contributed by atoms with Gasteiger partial charge in [0.15, 0.2) is 0 Å². The summed E-state index contributed by atoms with van der Waals surface area (Å²) in [6, 6.07) is 9.57. The van der Waals surface area contributed by atoms with Gasteiger partial charge < -0.3 is 0 Å². The smallest absolute Gasteiger partial charge is 0.198 e. The van der Waals surface area contributed by atoms with Gasteiger partial charge in [-0.1, -0.05) is 62.2 Å². The van der Waals surface area contributed by atoms with Gasteiger partial charge in [0.25, 0.3) is 10.2 Å². The first kappa shape index (κ1) is 15.2. The van der Waals surface area contributed by atoms with Gasteiger partial charge in [-0.3, -0.25) is 0 Å². The summed E-state index contributed by atoms with van der Waals surface area (Å²) >= 11 is 0. The number of hydrogen-bond donors (Lipinski definition) is 1. The van der Waals surface area contributed by atoms with E-state index in [0.29, 0.717) is 13.1 Å². The minimum atomic E-state index is -3.42. The fraction of sp³-hybridized carbons (Fsp3) is 0.467.